The predicted molar refractivity (Wildman–Crippen MR) is 36.3 cm³/mol. The van der Waals surface area contributed by atoms with Crippen molar-refractivity contribution >= 4 is 9.24 Å². The summed E-state index contributed by atoms with van der Waals surface area (Å²) in [5, 5.41) is 0. The smallest absolute Gasteiger partial charge is 0.00127 e. The Kier molecular flexibility index (Phi) is 1.64. The normalized spacial score (nSPS) is 19.0. The van der Waals surface area contributed by atoms with Crippen LogP contribution in [0.1, 0.15) is 0 Å². The van der Waals surface area contributed by atoms with Gasteiger partial charge in [-0.15, -0.1) is 9.24 Å². The third-order valence-electron chi connectivity index (χ3n) is 1.10. The molecule has 1 unspecified atom stereocenters. The lowest BCUT2D eigenvalue weighted by molar-refractivity contribution is 0.977. The first-order valence-electron chi connectivity index (χ1n) is 2.48. The highest BCUT2D eigenvalue weighted by Gasteiger charge is 1.96. The third-order valence-corrected chi connectivity index (χ3v) is 1.64. The Morgan fingerprint density at radius 1 is 1.29 bits per heavy atom. The van der Waals surface area contributed by atoms with E-state index in [0.29, 0.717) is 5.92 Å². The van der Waals surface area contributed by atoms with Gasteiger partial charge in [-0.3, -0.25) is 0 Å². The molecule has 38 valence electrons. The molecule has 1 heteroatoms. The van der Waals surface area contributed by atoms with Gasteiger partial charge < -0.3 is 0 Å². The van der Waals surface area contributed by atoms with E-state index < -0.39 is 0 Å². The minimum atomic E-state index is 0.699. The van der Waals surface area contributed by atoms with Crippen LogP contribution < -0.4 is 0 Å². The van der Waals surface area contributed by atoms with Gasteiger partial charge >= 0.3 is 0 Å². The molecule has 1 rings (SSSR count). The minimum absolute atomic E-state index is 0.699. The monoisotopic (exact) mass is 112 g/mol. The van der Waals surface area contributed by atoms with Gasteiger partial charge in [0.25, 0.3) is 0 Å². The van der Waals surface area contributed by atoms with Crippen LogP contribution in [0.25, 0.3) is 0 Å². The average molecular weight is 112 g/mol. The van der Waals surface area contributed by atoms with Crippen molar-refractivity contribution in [1.82, 2.24) is 0 Å². The Hall–Kier alpha value is -0.0900. The molecular formula is C6H9P. The van der Waals surface area contributed by atoms with Crippen LogP contribution in [0.15, 0.2) is 24.3 Å². The van der Waals surface area contributed by atoms with Crippen LogP contribution in [0.3, 0.4) is 0 Å². The standard InChI is InChI=1S/C6H9P/c7-5-6-3-1-2-4-6/h1-4,6H,5,7H2. The second-order valence-corrected chi connectivity index (χ2v) is 2.14. The maximum absolute atomic E-state index is 2.72. The summed E-state index contributed by atoms with van der Waals surface area (Å²) >= 11 is 0. The van der Waals surface area contributed by atoms with Crippen LogP contribution in [0.5, 0.6) is 0 Å². The van der Waals surface area contributed by atoms with Crippen molar-refractivity contribution in [3.05, 3.63) is 24.3 Å². The van der Waals surface area contributed by atoms with E-state index in [4.69, 9.17) is 0 Å². The zero-order chi connectivity index (χ0) is 5.11. The fraction of sp³-hybridized carbons (Fsp3) is 0.333. The van der Waals surface area contributed by atoms with E-state index in [0.717, 1.165) is 6.16 Å². The van der Waals surface area contributed by atoms with Crippen LogP contribution in [0.4, 0.5) is 0 Å². The Balaban J connectivity index is 2.44. The molecule has 0 radical (unpaired) electrons. The molecule has 0 aromatic heterocycles. The summed E-state index contributed by atoms with van der Waals surface area (Å²) in [4.78, 5) is 0. The quantitative estimate of drug-likeness (QED) is 0.452. The molecule has 0 saturated carbocycles. The van der Waals surface area contributed by atoms with Crippen molar-refractivity contribution in [2.24, 2.45) is 5.92 Å². The molecule has 0 aromatic rings. The number of rotatable bonds is 1. The van der Waals surface area contributed by atoms with Gasteiger partial charge in [0.15, 0.2) is 0 Å². The second kappa shape index (κ2) is 2.28. The van der Waals surface area contributed by atoms with E-state index in [9.17, 15) is 0 Å². The zero-order valence-corrected chi connectivity index (χ0v) is 5.33. The summed E-state index contributed by atoms with van der Waals surface area (Å²) in [7, 11) is 2.72. The molecule has 1 aliphatic rings. The Labute approximate surface area is 46.5 Å². The molecule has 0 aromatic carbocycles. The van der Waals surface area contributed by atoms with E-state index in [-0.39, 0.29) is 0 Å². The molecule has 1 aliphatic carbocycles. The predicted octanol–water partition coefficient (Wildman–Crippen LogP) is 1.60. The van der Waals surface area contributed by atoms with Crippen LogP contribution in [0, 0.1) is 5.92 Å². The van der Waals surface area contributed by atoms with Gasteiger partial charge in [-0.1, -0.05) is 24.3 Å². The Morgan fingerprint density at radius 2 is 1.86 bits per heavy atom. The summed E-state index contributed by atoms with van der Waals surface area (Å²) in [5.74, 6) is 0.699. The lowest BCUT2D eigenvalue weighted by atomic mass is 10.2. The number of hydrogen-bond donors (Lipinski definition) is 0. The summed E-state index contributed by atoms with van der Waals surface area (Å²) in [6, 6.07) is 0. The largest absolute Gasteiger partial charge is 0.137 e. The molecule has 0 heterocycles. The second-order valence-electron chi connectivity index (χ2n) is 1.67. The minimum Gasteiger partial charge on any atom is -0.137 e. The van der Waals surface area contributed by atoms with E-state index in [1.165, 1.54) is 0 Å². The van der Waals surface area contributed by atoms with E-state index in [1.54, 1.807) is 0 Å². The lowest BCUT2D eigenvalue weighted by Crippen LogP contribution is -1.86. The molecule has 1 atom stereocenters. The first kappa shape index (κ1) is 5.05. The Morgan fingerprint density at radius 3 is 2.14 bits per heavy atom. The number of hydrogen-bond acceptors (Lipinski definition) is 0. The zero-order valence-electron chi connectivity index (χ0n) is 4.17. The van der Waals surface area contributed by atoms with Gasteiger partial charge in [-0.05, 0) is 12.1 Å². The lowest BCUT2D eigenvalue weighted by Gasteiger charge is -1.93. The maximum Gasteiger partial charge on any atom is -0.00127 e. The molecule has 0 fully saturated rings. The van der Waals surface area contributed by atoms with Crippen molar-refractivity contribution in [1.29, 1.82) is 0 Å². The average Bonchev–Trinajstić information content (AvgIpc) is 2.14. The van der Waals surface area contributed by atoms with Crippen LogP contribution in [-0.4, -0.2) is 6.16 Å². The summed E-state index contributed by atoms with van der Waals surface area (Å²) < 4.78 is 0. The first-order chi connectivity index (χ1) is 3.43. The Bertz CT molecular complexity index is 90.7. The van der Waals surface area contributed by atoms with E-state index in [1.807, 2.05) is 0 Å². The van der Waals surface area contributed by atoms with Crippen molar-refractivity contribution < 1.29 is 0 Å². The SMILES string of the molecule is PCC1C=CC=C1. The van der Waals surface area contributed by atoms with Crippen molar-refractivity contribution in [2.45, 2.75) is 0 Å². The van der Waals surface area contributed by atoms with E-state index >= 15 is 0 Å². The molecule has 0 aliphatic heterocycles. The molecule has 0 bridgehead atoms. The summed E-state index contributed by atoms with van der Waals surface area (Å²) in [5.41, 5.74) is 0. The highest BCUT2D eigenvalue weighted by molar-refractivity contribution is 7.16. The van der Waals surface area contributed by atoms with Gasteiger partial charge in [0.1, 0.15) is 0 Å². The van der Waals surface area contributed by atoms with Gasteiger partial charge in [0.2, 0.25) is 0 Å². The van der Waals surface area contributed by atoms with Gasteiger partial charge in [-0.25, -0.2) is 0 Å². The summed E-state index contributed by atoms with van der Waals surface area (Å²) in [6.45, 7) is 0. The molecular weight excluding hydrogens is 103 g/mol. The first-order valence-corrected chi connectivity index (χ1v) is 3.30. The molecule has 7 heavy (non-hydrogen) atoms. The molecule has 0 saturated heterocycles. The molecule has 0 N–H and O–H groups in total. The summed E-state index contributed by atoms with van der Waals surface area (Å²) in [6.07, 6.45) is 9.75. The van der Waals surface area contributed by atoms with Gasteiger partial charge in [-0.2, -0.15) is 0 Å². The van der Waals surface area contributed by atoms with Gasteiger partial charge in [0.05, 0.1) is 0 Å². The number of allylic oxidation sites excluding steroid dienone is 4. The molecule has 0 nitrogen and oxygen atoms in total. The van der Waals surface area contributed by atoms with Gasteiger partial charge in [0, 0.05) is 0 Å². The maximum atomic E-state index is 2.72. The van der Waals surface area contributed by atoms with Crippen molar-refractivity contribution in [2.75, 3.05) is 6.16 Å². The van der Waals surface area contributed by atoms with Crippen molar-refractivity contribution in [3.63, 3.8) is 0 Å². The van der Waals surface area contributed by atoms with Crippen LogP contribution >= 0.6 is 9.24 Å². The van der Waals surface area contributed by atoms with Crippen LogP contribution in [0.2, 0.25) is 0 Å². The molecule has 0 spiro atoms. The van der Waals surface area contributed by atoms with Crippen LogP contribution in [-0.2, 0) is 0 Å². The highest BCUT2D eigenvalue weighted by Crippen LogP contribution is 2.10. The highest BCUT2D eigenvalue weighted by atomic mass is 31.0. The fourth-order valence-corrected chi connectivity index (χ4v) is 0.949. The van der Waals surface area contributed by atoms with E-state index in [2.05, 4.69) is 33.5 Å². The topological polar surface area (TPSA) is 0 Å². The molecule has 0 amide bonds. The fourth-order valence-electron chi connectivity index (χ4n) is 0.635. The van der Waals surface area contributed by atoms with Crippen molar-refractivity contribution in [3.8, 4) is 0 Å². The third kappa shape index (κ3) is 1.14.